The van der Waals surface area contributed by atoms with Crippen LogP contribution in [0.25, 0.3) is 10.9 Å². The van der Waals surface area contributed by atoms with Crippen LogP contribution in [0.5, 0.6) is 5.75 Å². The lowest BCUT2D eigenvalue weighted by atomic mass is 10.1. The van der Waals surface area contributed by atoms with E-state index >= 15 is 0 Å². The van der Waals surface area contributed by atoms with E-state index < -0.39 is 23.2 Å². The lowest BCUT2D eigenvalue weighted by Gasteiger charge is -2.17. The van der Waals surface area contributed by atoms with Crippen LogP contribution in [0.3, 0.4) is 0 Å². The van der Waals surface area contributed by atoms with Crippen LogP contribution in [0, 0.1) is 0 Å². The highest BCUT2D eigenvalue weighted by Crippen LogP contribution is 2.35. The number of ketones is 1. The minimum absolute atomic E-state index is 0.0610. The molecule has 1 amide bonds. The number of nitrogens with one attached hydrogen (secondary N) is 1. The second kappa shape index (κ2) is 13.9. The van der Waals surface area contributed by atoms with Crippen LogP contribution in [-0.4, -0.2) is 52.5 Å². The normalized spacial score (nSPS) is 15.6. The zero-order valence-corrected chi connectivity index (χ0v) is 23.5. The zero-order valence-electron chi connectivity index (χ0n) is 23.5. The smallest absolute Gasteiger partial charge is 0.227 e. The first-order chi connectivity index (χ1) is 20.0. The van der Waals surface area contributed by atoms with Gasteiger partial charge in [0.15, 0.2) is 17.4 Å². The molecule has 1 aliphatic heterocycles. The average molecular weight is 579 g/mol. The van der Waals surface area contributed by atoms with E-state index in [0.29, 0.717) is 41.7 Å². The number of allylic oxidation sites excluding steroid dienone is 6. The molecule has 3 rings (SSSR count). The number of hydrogen-bond acceptors (Lipinski definition) is 8. The fourth-order valence-electron chi connectivity index (χ4n) is 3.89. The summed E-state index contributed by atoms with van der Waals surface area (Å²) in [6.45, 7) is 10.1. The van der Waals surface area contributed by atoms with Crippen molar-refractivity contribution in [3.63, 3.8) is 0 Å². The van der Waals surface area contributed by atoms with Gasteiger partial charge in [-0.3, -0.25) is 14.6 Å². The summed E-state index contributed by atoms with van der Waals surface area (Å²) in [4.78, 5) is 34.0. The number of hydrazone groups is 1. The monoisotopic (exact) mass is 578 g/mol. The fraction of sp³-hybridized carbons (Fsp3) is 0.200. The molecule has 4 N–H and O–H groups in total. The van der Waals surface area contributed by atoms with E-state index in [1.54, 1.807) is 39.1 Å². The van der Waals surface area contributed by atoms with Crippen molar-refractivity contribution in [2.24, 2.45) is 15.8 Å². The van der Waals surface area contributed by atoms with Crippen LogP contribution in [0.2, 0.25) is 0 Å². The molecule has 42 heavy (non-hydrogen) atoms. The number of nitrogens with zero attached hydrogens (tertiary/aromatic N) is 4. The van der Waals surface area contributed by atoms with Gasteiger partial charge in [-0.05, 0) is 50.6 Å². The number of aromatic nitrogens is 1. The Morgan fingerprint density at radius 1 is 1.31 bits per heavy atom. The van der Waals surface area contributed by atoms with Gasteiger partial charge >= 0.3 is 0 Å². The number of ether oxygens (including phenoxy) is 1. The maximum Gasteiger partial charge on any atom is 0.227 e. The summed E-state index contributed by atoms with van der Waals surface area (Å²) in [5.74, 6) is -3.64. The Hall–Kier alpha value is -5.26. The number of aliphatic imine (C=N–C) groups is 1. The third-order valence-electron chi connectivity index (χ3n) is 6.18. The first-order valence-corrected chi connectivity index (χ1v) is 12.8. The van der Waals surface area contributed by atoms with Crippen molar-refractivity contribution in [1.29, 1.82) is 0 Å². The number of phenolic OH excluding ortho intramolecular Hbond substituents is 1. The number of fused-ring (bicyclic) bond motifs is 1. The number of aromatic hydroxyl groups is 1. The molecular formula is C30H32F2N6O4. The largest absolute Gasteiger partial charge is 0.506 e. The van der Waals surface area contributed by atoms with Crippen LogP contribution in [0.4, 0.5) is 14.5 Å². The lowest BCUT2D eigenvalue weighted by molar-refractivity contribution is -0.117. The second-order valence-corrected chi connectivity index (χ2v) is 9.11. The van der Waals surface area contributed by atoms with E-state index in [4.69, 9.17) is 10.5 Å². The van der Waals surface area contributed by atoms with Gasteiger partial charge in [-0.1, -0.05) is 19.2 Å². The van der Waals surface area contributed by atoms with Gasteiger partial charge in [0.2, 0.25) is 17.6 Å². The highest BCUT2D eigenvalue weighted by Gasteiger charge is 2.25. The standard InChI is InChI=1S/C30H32F2N6O4/c1-6-9-27(42-30(19(4)31)22(32)7-2)34-16-18(3)37(5)35-17-21(15-33)29(41)24-12-20-13-26(39)25(14-23(20)36-24)38-11-8-10-28(38)40/h6-7,9,12-17,36,39H,2,4,8,10-11,33H2,1,3,5H3/b9-6+,18-16+,21-15-,30-22-,34-27+,35-17-. The quantitative estimate of drug-likeness (QED) is 0.0600. The number of H-pyrrole nitrogens is 1. The van der Waals surface area contributed by atoms with Crippen molar-refractivity contribution in [1.82, 2.24) is 9.99 Å². The number of rotatable bonds is 11. The molecule has 1 aliphatic rings. The Balaban J connectivity index is 1.79. The number of Topliss-reactive ketones (excluding diaryl/α,β-unsaturated/α-hetero) is 1. The number of anilines is 1. The Labute approximate surface area is 241 Å². The van der Waals surface area contributed by atoms with Crippen molar-refractivity contribution in [2.45, 2.75) is 26.7 Å². The Kier molecular flexibility index (Phi) is 10.3. The molecule has 12 heteroatoms. The predicted molar refractivity (Wildman–Crippen MR) is 160 cm³/mol. The molecule has 1 aromatic heterocycles. The molecule has 0 atom stereocenters. The zero-order chi connectivity index (χ0) is 31.0. The van der Waals surface area contributed by atoms with E-state index in [-0.39, 0.29) is 28.8 Å². The van der Waals surface area contributed by atoms with E-state index in [1.165, 1.54) is 34.5 Å². The van der Waals surface area contributed by atoms with Gasteiger partial charge in [0, 0.05) is 37.1 Å². The van der Waals surface area contributed by atoms with Crippen molar-refractivity contribution in [2.75, 3.05) is 18.5 Å². The van der Waals surface area contributed by atoms with Gasteiger partial charge in [-0.15, -0.1) is 0 Å². The van der Waals surface area contributed by atoms with E-state index in [0.717, 1.165) is 12.3 Å². The highest BCUT2D eigenvalue weighted by atomic mass is 19.1. The van der Waals surface area contributed by atoms with Crippen LogP contribution in [0.15, 0.2) is 101 Å². The van der Waals surface area contributed by atoms with Crippen LogP contribution < -0.4 is 10.6 Å². The third-order valence-corrected chi connectivity index (χ3v) is 6.18. The number of amides is 1. The van der Waals surface area contributed by atoms with Crippen molar-refractivity contribution in [3.8, 4) is 5.75 Å². The van der Waals surface area contributed by atoms with E-state index in [9.17, 15) is 23.5 Å². The van der Waals surface area contributed by atoms with Gasteiger partial charge in [0.1, 0.15) is 5.75 Å². The maximum atomic E-state index is 13.9. The number of carbonyl (C=O) groups excluding carboxylic acids is 2. The summed E-state index contributed by atoms with van der Waals surface area (Å²) in [6, 6.07) is 4.69. The number of halogens is 2. The number of carbonyl (C=O) groups is 2. The Morgan fingerprint density at radius 2 is 2.05 bits per heavy atom. The number of aromatic amines is 1. The summed E-state index contributed by atoms with van der Waals surface area (Å²) in [5.41, 5.74) is 7.41. The Bertz CT molecular complexity index is 1600. The lowest BCUT2D eigenvalue weighted by Crippen LogP contribution is -2.23. The summed E-state index contributed by atoms with van der Waals surface area (Å²) < 4.78 is 32.8. The molecule has 2 heterocycles. The predicted octanol–water partition coefficient (Wildman–Crippen LogP) is 5.65. The highest BCUT2D eigenvalue weighted by molar-refractivity contribution is 6.21. The van der Waals surface area contributed by atoms with Gasteiger partial charge in [0.05, 0.1) is 35.1 Å². The molecule has 10 nitrogen and oxygen atoms in total. The number of nitrogens with two attached hydrogens (primary N) is 1. The maximum absolute atomic E-state index is 13.9. The second-order valence-electron chi connectivity index (χ2n) is 9.11. The average Bonchev–Trinajstić information content (AvgIpc) is 3.58. The number of hydrogen-bond donors (Lipinski definition) is 3. The molecule has 0 saturated carbocycles. The van der Waals surface area contributed by atoms with Crippen molar-refractivity contribution >= 4 is 40.4 Å². The van der Waals surface area contributed by atoms with Gasteiger partial charge in [-0.25, -0.2) is 13.8 Å². The van der Waals surface area contributed by atoms with E-state index in [2.05, 4.69) is 28.2 Å². The topological polar surface area (TPSA) is 137 Å². The molecule has 1 aromatic carbocycles. The molecule has 0 bridgehead atoms. The summed E-state index contributed by atoms with van der Waals surface area (Å²) >= 11 is 0. The van der Waals surface area contributed by atoms with Crippen LogP contribution >= 0.6 is 0 Å². The van der Waals surface area contributed by atoms with Crippen molar-refractivity contribution < 1.29 is 28.2 Å². The molecule has 1 saturated heterocycles. The Morgan fingerprint density at radius 3 is 2.64 bits per heavy atom. The van der Waals surface area contributed by atoms with Crippen molar-refractivity contribution in [3.05, 3.63) is 96.4 Å². The van der Waals surface area contributed by atoms with Crippen LogP contribution in [0.1, 0.15) is 37.2 Å². The summed E-state index contributed by atoms with van der Waals surface area (Å²) in [6.07, 6.45) is 8.59. The van der Waals surface area contributed by atoms with Gasteiger partial charge in [-0.2, -0.15) is 5.10 Å². The molecule has 0 unspecified atom stereocenters. The SMILES string of the molecule is C=C/C(F)=C(/OC(/C=C/C)=N/C=C(\C)N(C)/N=C\C(=C\N)C(=O)c1cc2cc(O)c(N3CCCC3=O)cc2[nH]1)C(=C)F. The molecule has 0 aliphatic carbocycles. The first-order valence-electron chi connectivity index (χ1n) is 12.8. The minimum atomic E-state index is -1.13. The van der Waals surface area contributed by atoms with Gasteiger partial charge in [0.25, 0.3) is 0 Å². The van der Waals surface area contributed by atoms with Gasteiger partial charge < -0.3 is 25.5 Å². The third kappa shape index (κ3) is 7.27. The fourth-order valence-corrected chi connectivity index (χ4v) is 3.89. The molecule has 220 valence electrons. The van der Waals surface area contributed by atoms with Crippen LogP contribution in [-0.2, 0) is 9.53 Å². The first kappa shape index (κ1) is 31.3. The molecule has 0 radical (unpaired) electrons. The molecule has 1 fully saturated rings. The molecule has 2 aromatic rings. The summed E-state index contributed by atoms with van der Waals surface area (Å²) in [7, 11) is 1.59. The molecule has 0 spiro atoms. The summed E-state index contributed by atoms with van der Waals surface area (Å²) in [5, 5.41) is 16.7. The molecular weight excluding hydrogens is 546 g/mol. The number of benzene rings is 1. The minimum Gasteiger partial charge on any atom is -0.506 e. The van der Waals surface area contributed by atoms with E-state index in [1.807, 2.05) is 0 Å². The number of phenols is 1.